The van der Waals surface area contributed by atoms with Crippen molar-refractivity contribution in [3.63, 3.8) is 0 Å². The molecule has 0 radical (unpaired) electrons. The normalized spacial score (nSPS) is 20.3. The summed E-state index contributed by atoms with van der Waals surface area (Å²) < 4.78 is 5.53. The Morgan fingerprint density at radius 3 is 2.05 bits per heavy atom. The van der Waals surface area contributed by atoms with Crippen molar-refractivity contribution in [3.8, 4) is 5.75 Å². The average Bonchev–Trinajstić information content (AvgIpc) is 2.89. The summed E-state index contributed by atoms with van der Waals surface area (Å²) in [5, 5.41) is 9.90. The summed E-state index contributed by atoms with van der Waals surface area (Å²) in [6, 6.07) is 18.1. The molecule has 7 nitrogen and oxygen atoms in total. The number of phenolic OH excluding ortho intramolecular Hbond substituents is 1. The Hall–Kier alpha value is -3.06. The molecular weight excluding hydrogens is 502 g/mol. The van der Waals surface area contributed by atoms with E-state index in [0.29, 0.717) is 26.1 Å². The lowest BCUT2D eigenvalue weighted by Crippen LogP contribution is -2.60. The van der Waals surface area contributed by atoms with Gasteiger partial charge < -0.3 is 19.6 Å². The van der Waals surface area contributed by atoms with Crippen LogP contribution < -0.4 is 0 Å². The zero-order valence-electron chi connectivity index (χ0n) is 25.1. The van der Waals surface area contributed by atoms with Gasteiger partial charge in [0.05, 0.1) is 6.04 Å². The molecule has 1 N–H and O–H groups in total. The van der Waals surface area contributed by atoms with E-state index in [4.69, 9.17) is 4.74 Å². The fourth-order valence-corrected chi connectivity index (χ4v) is 5.99. The molecule has 0 bridgehead atoms. The van der Waals surface area contributed by atoms with Gasteiger partial charge in [0, 0.05) is 45.2 Å². The molecule has 2 fully saturated rings. The van der Waals surface area contributed by atoms with E-state index in [1.807, 2.05) is 39.0 Å². The fraction of sp³-hybridized carbons (Fsp3) is 0.576. The van der Waals surface area contributed by atoms with Crippen LogP contribution in [0.5, 0.6) is 5.75 Å². The van der Waals surface area contributed by atoms with E-state index in [-0.39, 0.29) is 41.2 Å². The van der Waals surface area contributed by atoms with Gasteiger partial charge in [-0.1, -0.05) is 63.2 Å². The number of aromatic hydroxyl groups is 1. The van der Waals surface area contributed by atoms with E-state index in [1.54, 1.807) is 17.0 Å². The predicted octanol–water partition coefficient (Wildman–Crippen LogP) is 6.08. The second-order valence-electron chi connectivity index (χ2n) is 13.5. The second-order valence-corrected chi connectivity index (χ2v) is 13.5. The first-order valence-corrected chi connectivity index (χ1v) is 14.7. The molecule has 218 valence electrons. The molecular formula is C33H47N3O4. The van der Waals surface area contributed by atoms with Crippen LogP contribution in [-0.2, 0) is 9.53 Å². The van der Waals surface area contributed by atoms with Gasteiger partial charge in [-0.05, 0) is 68.2 Å². The Kier molecular flexibility index (Phi) is 9.13. The summed E-state index contributed by atoms with van der Waals surface area (Å²) >= 11 is 0. The van der Waals surface area contributed by atoms with E-state index in [2.05, 4.69) is 54.8 Å². The topological polar surface area (TPSA) is 73.3 Å². The molecule has 2 unspecified atom stereocenters. The summed E-state index contributed by atoms with van der Waals surface area (Å²) in [6.07, 6.45) is 1.90. The van der Waals surface area contributed by atoms with E-state index in [9.17, 15) is 14.7 Å². The van der Waals surface area contributed by atoms with Crippen molar-refractivity contribution in [1.29, 1.82) is 0 Å². The zero-order valence-corrected chi connectivity index (χ0v) is 25.1. The van der Waals surface area contributed by atoms with Gasteiger partial charge in [0.25, 0.3) is 0 Å². The molecule has 2 aliphatic heterocycles. The number of amides is 2. The quantitative estimate of drug-likeness (QED) is 0.490. The number of piperidine rings is 1. The number of hydrogen-bond donors (Lipinski definition) is 1. The number of rotatable bonds is 5. The molecule has 2 saturated heterocycles. The molecule has 0 spiro atoms. The average molecular weight is 550 g/mol. The fourth-order valence-electron chi connectivity index (χ4n) is 5.99. The van der Waals surface area contributed by atoms with Crippen molar-refractivity contribution in [2.24, 2.45) is 11.3 Å². The van der Waals surface area contributed by atoms with E-state index < -0.39 is 5.60 Å². The van der Waals surface area contributed by atoms with Crippen LogP contribution in [0.2, 0.25) is 0 Å². The van der Waals surface area contributed by atoms with Crippen molar-refractivity contribution < 1.29 is 19.4 Å². The highest BCUT2D eigenvalue weighted by atomic mass is 16.6. The number of piperazine rings is 1. The monoisotopic (exact) mass is 549 g/mol. The molecule has 2 heterocycles. The van der Waals surface area contributed by atoms with Gasteiger partial charge in [0.1, 0.15) is 11.4 Å². The maximum atomic E-state index is 13.8. The molecule has 7 heteroatoms. The molecule has 2 amide bonds. The number of carbonyl (C=O) groups is 2. The zero-order chi connectivity index (χ0) is 29.1. The number of carbonyl (C=O) groups excluding carboxylic acids is 2. The Labute approximate surface area is 240 Å². The molecule has 4 rings (SSSR count). The molecule has 0 aliphatic carbocycles. The van der Waals surface area contributed by atoms with Crippen molar-refractivity contribution in [2.45, 2.75) is 78.5 Å². The Morgan fingerprint density at radius 2 is 1.48 bits per heavy atom. The first kappa shape index (κ1) is 29.9. The van der Waals surface area contributed by atoms with Gasteiger partial charge in [-0.2, -0.15) is 0 Å². The minimum Gasteiger partial charge on any atom is -0.508 e. The van der Waals surface area contributed by atoms with Crippen LogP contribution in [0.3, 0.4) is 0 Å². The molecule has 2 aromatic carbocycles. The van der Waals surface area contributed by atoms with Crippen LogP contribution in [0.1, 0.15) is 78.0 Å². The Bertz CT molecular complexity index is 1130. The Morgan fingerprint density at radius 1 is 0.875 bits per heavy atom. The van der Waals surface area contributed by atoms with E-state index in [1.165, 1.54) is 5.56 Å². The van der Waals surface area contributed by atoms with Crippen LogP contribution in [0.25, 0.3) is 0 Å². The largest absolute Gasteiger partial charge is 0.508 e. The highest BCUT2D eigenvalue weighted by molar-refractivity contribution is 5.77. The summed E-state index contributed by atoms with van der Waals surface area (Å²) in [6.45, 7) is 15.8. The molecule has 2 aromatic rings. The van der Waals surface area contributed by atoms with Crippen molar-refractivity contribution in [1.82, 2.24) is 14.7 Å². The van der Waals surface area contributed by atoms with Crippen LogP contribution >= 0.6 is 0 Å². The minimum atomic E-state index is -0.504. The van der Waals surface area contributed by atoms with Crippen LogP contribution in [0, 0.1) is 11.3 Å². The lowest BCUT2D eigenvalue weighted by atomic mass is 9.82. The highest BCUT2D eigenvalue weighted by Gasteiger charge is 2.41. The van der Waals surface area contributed by atoms with Gasteiger partial charge in [-0.25, -0.2) is 4.79 Å². The van der Waals surface area contributed by atoms with Gasteiger partial charge in [0.2, 0.25) is 5.91 Å². The van der Waals surface area contributed by atoms with Gasteiger partial charge in [-0.3, -0.25) is 9.69 Å². The van der Waals surface area contributed by atoms with E-state index in [0.717, 1.165) is 31.5 Å². The minimum absolute atomic E-state index is 0.0427. The van der Waals surface area contributed by atoms with Crippen LogP contribution in [-0.4, -0.2) is 76.2 Å². The molecule has 2 atom stereocenters. The summed E-state index contributed by atoms with van der Waals surface area (Å²) in [7, 11) is 0. The van der Waals surface area contributed by atoms with E-state index >= 15 is 0 Å². The third-order valence-corrected chi connectivity index (χ3v) is 8.15. The van der Waals surface area contributed by atoms with Gasteiger partial charge in [0.15, 0.2) is 0 Å². The lowest BCUT2D eigenvalue weighted by molar-refractivity contribution is -0.141. The number of benzene rings is 2. The first-order valence-electron chi connectivity index (χ1n) is 14.7. The van der Waals surface area contributed by atoms with Crippen molar-refractivity contribution in [2.75, 3.05) is 32.7 Å². The number of hydrogen-bond acceptors (Lipinski definition) is 5. The number of phenols is 1. The number of likely N-dealkylation sites (tertiary alicyclic amines) is 1. The molecule has 2 aliphatic rings. The molecule has 0 aromatic heterocycles. The predicted molar refractivity (Wildman–Crippen MR) is 158 cm³/mol. The summed E-state index contributed by atoms with van der Waals surface area (Å²) in [5.41, 5.74) is 1.74. The standard InChI is InChI=1S/C33H47N3O4/c1-32(2,3)28-23-35(30(25-10-8-7-9-11-25)26-12-14-27(37)15-13-26)20-21-36(28)29(38)22-24-16-18-34(19-17-24)31(39)40-33(4,5)6/h7-15,24,28,30,37H,16-23H2,1-6H3. The maximum Gasteiger partial charge on any atom is 0.410 e. The number of ether oxygens (including phenoxy) is 1. The Balaban J connectivity index is 1.44. The third-order valence-electron chi connectivity index (χ3n) is 8.15. The highest BCUT2D eigenvalue weighted by Crippen LogP contribution is 2.36. The van der Waals surface area contributed by atoms with Gasteiger partial charge >= 0.3 is 6.09 Å². The molecule has 0 saturated carbocycles. The maximum absolute atomic E-state index is 13.8. The first-order chi connectivity index (χ1) is 18.8. The summed E-state index contributed by atoms with van der Waals surface area (Å²) in [4.78, 5) is 32.6. The van der Waals surface area contributed by atoms with Crippen LogP contribution in [0.15, 0.2) is 54.6 Å². The van der Waals surface area contributed by atoms with Crippen molar-refractivity contribution in [3.05, 3.63) is 65.7 Å². The second kappa shape index (κ2) is 12.2. The summed E-state index contributed by atoms with van der Waals surface area (Å²) in [5.74, 6) is 0.755. The van der Waals surface area contributed by atoms with Crippen molar-refractivity contribution >= 4 is 12.0 Å². The smallest absolute Gasteiger partial charge is 0.410 e. The lowest BCUT2D eigenvalue weighted by Gasteiger charge is -2.50. The molecule has 40 heavy (non-hydrogen) atoms. The van der Waals surface area contributed by atoms with Crippen LogP contribution in [0.4, 0.5) is 4.79 Å². The van der Waals surface area contributed by atoms with Gasteiger partial charge in [-0.15, -0.1) is 0 Å². The SMILES string of the molecule is CC(C)(C)OC(=O)N1CCC(CC(=O)N2CCN(C(c3ccccc3)c3ccc(O)cc3)CC2C(C)(C)C)CC1. The number of nitrogens with zero attached hydrogens (tertiary/aromatic N) is 3. The third kappa shape index (κ3) is 7.57.